The fourth-order valence-corrected chi connectivity index (χ4v) is 2.15. The van der Waals surface area contributed by atoms with Crippen LogP contribution < -0.4 is 5.32 Å². The molecule has 1 aromatic carbocycles. The van der Waals surface area contributed by atoms with E-state index in [1.165, 1.54) is 5.56 Å². The van der Waals surface area contributed by atoms with E-state index < -0.39 is 18.6 Å². The summed E-state index contributed by atoms with van der Waals surface area (Å²) in [6.45, 7) is 6.77. The van der Waals surface area contributed by atoms with Crippen LogP contribution in [0, 0.1) is 0 Å². The predicted octanol–water partition coefficient (Wildman–Crippen LogP) is 5.19. The van der Waals surface area contributed by atoms with Gasteiger partial charge < -0.3 is 5.32 Å². The van der Waals surface area contributed by atoms with E-state index in [1.54, 1.807) is 0 Å². The molecule has 0 fully saturated rings. The van der Waals surface area contributed by atoms with Gasteiger partial charge in [-0.3, -0.25) is 0 Å². The lowest BCUT2D eigenvalue weighted by atomic mass is 9.95. The van der Waals surface area contributed by atoms with E-state index >= 15 is 0 Å². The van der Waals surface area contributed by atoms with Crippen molar-refractivity contribution in [2.24, 2.45) is 0 Å². The standard InChI is InChI=1S/C16H24F3N/c1-4-10-20-15(11-16(17,18)19)14-8-6-13(7-9-14)12(3)5-2/h6-9,12,15,20H,4-5,10-11H2,1-3H3. The summed E-state index contributed by atoms with van der Waals surface area (Å²) in [4.78, 5) is 0. The number of halogens is 3. The van der Waals surface area contributed by atoms with Crippen LogP contribution in [-0.2, 0) is 0 Å². The Morgan fingerprint density at radius 2 is 1.60 bits per heavy atom. The van der Waals surface area contributed by atoms with Gasteiger partial charge in [0.2, 0.25) is 0 Å². The minimum absolute atomic E-state index is 0.439. The van der Waals surface area contributed by atoms with Crippen molar-refractivity contribution in [1.82, 2.24) is 5.32 Å². The zero-order valence-electron chi connectivity index (χ0n) is 12.4. The van der Waals surface area contributed by atoms with Crippen LogP contribution in [0.3, 0.4) is 0 Å². The van der Waals surface area contributed by atoms with Crippen LogP contribution in [0.5, 0.6) is 0 Å². The first-order valence-electron chi connectivity index (χ1n) is 7.27. The summed E-state index contributed by atoms with van der Waals surface area (Å²) in [7, 11) is 0. The van der Waals surface area contributed by atoms with E-state index in [-0.39, 0.29) is 0 Å². The summed E-state index contributed by atoms with van der Waals surface area (Å²) < 4.78 is 37.9. The molecule has 1 nitrogen and oxygen atoms in total. The molecule has 0 saturated heterocycles. The molecule has 0 spiro atoms. The van der Waals surface area contributed by atoms with Crippen LogP contribution in [-0.4, -0.2) is 12.7 Å². The van der Waals surface area contributed by atoms with Gasteiger partial charge in [0.25, 0.3) is 0 Å². The average Bonchev–Trinajstić information content (AvgIpc) is 2.41. The first-order valence-corrected chi connectivity index (χ1v) is 7.27. The highest BCUT2D eigenvalue weighted by Crippen LogP contribution is 2.30. The van der Waals surface area contributed by atoms with Gasteiger partial charge in [-0.15, -0.1) is 0 Å². The molecule has 0 saturated carbocycles. The van der Waals surface area contributed by atoms with Crippen molar-refractivity contribution in [2.45, 2.75) is 58.2 Å². The van der Waals surface area contributed by atoms with Crippen molar-refractivity contribution in [3.05, 3.63) is 35.4 Å². The maximum atomic E-state index is 12.6. The molecule has 0 bridgehead atoms. The Labute approximate surface area is 119 Å². The van der Waals surface area contributed by atoms with E-state index in [2.05, 4.69) is 19.2 Å². The zero-order chi connectivity index (χ0) is 15.2. The molecule has 0 aliphatic heterocycles. The Balaban J connectivity index is 2.84. The van der Waals surface area contributed by atoms with E-state index in [1.807, 2.05) is 31.2 Å². The molecule has 114 valence electrons. The summed E-state index contributed by atoms with van der Waals surface area (Å²) in [6.07, 6.45) is -3.13. The fourth-order valence-electron chi connectivity index (χ4n) is 2.15. The summed E-state index contributed by atoms with van der Waals surface area (Å²) >= 11 is 0. The van der Waals surface area contributed by atoms with E-state index in [4.69, 9.17) is 0 Å². The highest BCUT2D eigenvalue weighted by atomic mass is 19.4. The fraction of sp³-hybridized carbons (Fsp3) is 0.625. The molecule has 2 atom stereocenters. The molecular weight excluding hydrogens is 263 g/mol. The largest absolute Gasteiger partial charge is 0.390 e. The minimum atomic E-state index is -4.15. The van der Waals surface area contributed by atoms with Gasteiger partial charge in [-0.25, -0.2) is 0 Å². The van der Waals surface area contributed by atoms with E-state index in [9.17, 15) is 13.2 Å². The molecule has 4 heteroatoms. The van der Waals surface area contributed by atoms with Crippen molar-refractivity contribution in [3.8, 4) is 0 Å². The second-order valence-corrected chi connectivity index (χ2v) is 5.30. The van der Waals surface area contributed by atoms with Gasteiger partial charge in [0.15, 0.2) is 0 Å². The quantitative estimate of drug-likeness (QED) is 0.727. The number of benzene rings is 1. The van der Waals surface area contributed by atoms with Crippen LogP contribution in [0.15, 0.2) is 24.3 Å². The molecule has 0 radical (unpaired) electrons. The monoisotopic (exact) mass is 287 g/mol. The molecular formula is C16H24F3N. The molecule has 2 unspecified atom stereocenters. The smallest absolute Gasteiger partial charge is 0.310 e. The topological polar surface area (TPSA) is 12.0 Å². The number of hydrogen-bond donors (Lipinski definition) is 1. The van der Waals surface area contributed by atoms with Crippen molar-refractivity contribution in [2.75, 3.05) is 6.54 Å². The van der Waals surface area contributed by atoms with Gasteiger partial charge in [0.1, 0.15) is 0 Å². The molecule has 1 N–H and O–H groups in total. The number of rotatable bonds is 7. The van der Waals surface area contributed by atoms with Gasteiger partial charge in [0.05, 0.1) is 6.42 Å². The normalized spacial score (nSPS) is 15.1. The Kier molecular flexibility index (Phi) is 6.53. The summed E-state index contributed by atoms with van der Waals surface area (Å²) in [5.74, 6) is 0.439. The average molecular weight is 287 g/mol. The summed E-state index contributed by atoms with van der Waals surface area (Å²) in [5.41, 5.74) is 1.89. The summed E-state index contributed by atoms with van der Waals surface area (Å²) in [6, 6.07) is 6.88. The number of nitrogens with one attached hydrogen (secondary N) is 1. The predicted molar refractivity (Wildman–Crippen MR) is 76.9 cm³/mol. The molecule has 0 amide bonds. The third-order valence-corrected chi connectivity index (χ3v) is 3.60. The van der Waals surface area contributed by atoms with Crippen LogP contribution >= 0.6 is 0 Å². The molecule has 20 heavy (non-hydrogen) atoms. The maximum absolute atomic E-state index is 12.6. The van der Waals surface area contributed by atoms with Crippen LogP contribution in [0.4, 0.5) is 13.2 Å². The van der Waals surface area contributed by atoms with Crippen LogP contribution in [0.25, 0.3) is 0 Å². The van der Waals surface area contributed by atoms with E-state index in [0.29, 0.717) is 18.0 Å². The Morgan fingerprint density at radius 3 is 2.05 bits per heavy atom. The zero-order valence-corrected chi connectivity index (χ0v) is 12.4. The van der Waals surface area contributed by atoms with Crippen molar-refractivity contribution in [3.63, 3.8) is 0 Å². The van der Waals surface area contributed by atoms with Gasteiger partial charge in [-0.2, -0.15) is 13.2 Å². The Hall–Kier alpha value is -1.03. The third kappa shape index (κ3) is 5.53. The van der Waals surface area contributed by atoms with Crippen molar-refractivity contribution < 1.29 is 13.2 Å². The third-order valence-electron chi connectivity index (χ3n) is 3.60. The van der Waals surface area contributed by atoms with Crippen LogP contribution in [0.1, 0.15) is 63.1 Å². The highest BCUT2D eigenvalue weighted by molar-refractivity contribution is 5.27. The molecule has 1 aromatic rings. The minimum Gasteiger partial charge on any atom is -0.310 e. The molecule has 0 aliphatic carbocycles. The maximum Gasteiger partial charge on any atom is 0.390 e. The van der Waals surface area contributed by atoms with E-state index in [0.717, 1.165) is 12.8 Å². The molecule has 0 aliphatic rings. The van der Waals surface area contributed by atoms with Crippen molar-refractivity contribution >= 4 is 0 Å². The second kappa shape index (κ2) is 7.67. The lowest BCUT2D eigenvalue weighted by Crippen LogP contribution is -2.27. The van der Waals surface area contributed by atoms with Gasteiger partial charge in [0, 0.05) is 6.04 Å². The lowest BCUT2D eigenvalue weighted by Gasteiger charge is -2.21. The number of hydrogen-bond acceptors (Lipinski definition) is 1. The van der Waals surface area contributed by atoms with Gasteiger partial charge in [-0.1, -0.05) is 45.0 Å². The van der Waals surface area contributed by atoms with Gasteiger partial charge in [-0.05, 0) is 36.4 Å². The second-order valence-electron chi connectivity index (χ2n) is 5.30. The highest BCUT2D eigenvalue weighted by Gasteiger charge is 2.32. The van der Waals surface area contributed by atoms with Crippen LogP contribution in [0.2, 0.25) is 0 Å². The Bertz CT molecular complexity index is 384. The van der Waals surface area contributed by atoms with Gasteiger partial charge >= 0.3 is 6.18 Å². The first-order chi connectivity index (χ1) is 9.37. The molecule has 1 rings (SSSR count). The Morgan fingerprint density at radius 1 is 1.05 bits per heavy atom. The van der Waals surface area contributed by atoms with Crippen molar-refractivity contribution in [1.29, 1.82) is 0 Å². The number of alkyl halides is 3. The lowest BCUT2D eigenvalue weighted by molar-refractivity contribution is -0.140. The SMILES string of the molecule is CCCNC(CC(F)(F)F)c1ccc(C(C)CC)cc1. The molecule has 0 aromatic heterocycles. The summed E-state index contributed by atoms with van der Waals surface area (Å²) in [5, 5.41) is 2.98. The first kappa shape index (κ1) is 17.0. The molecule has 0 heterocycles.